The number of aryl methyl sites for hydroxylation is 1. The quantitative estimate of drug-likeness (QED) is 0.869. The van der Waals surface area contributed by atoms with E-state index in [9.17, 15) is 18.0 Å². The van der Waals surface area contributed by atoms with Gasteiger partial charge in [0.05, 0.1) is 0 Å². The average molecular weight is 304 g/mol. The monoisotopic (exact) mass is 303 g/mol. The minimum Gasteiger partial charge on any atom is -0.293 e. The summed E-state index contributed by atoms with van der Waals surface area (Å²) >= 11 is 4.07. The first-order valence-corrected chi connectivity index (χ1v) is 5.64. The number of carbonyl (C=O) groups excluding carboxylic acids is 1. The molecule has 0 saturated carbocycles. The minimum atomic E-state index is -4.90. The number of anilines is 1. The van der Waals surface area contributed by atoms with Crippen LogP contribution in [-0.2, 0) is 11.2 Å². The van der Waals surface area contributed by atoms with E-state index >= 15 is 0 Å². The highest BCUT2D eigenvalue weighted by Gasteiger charge is 2.39. The molecular formula is C6H5BrF3N3OS. The molecule has 0 aliphatic carbocycles. The molecule has 0 aromatic carbocycles. The molecule has 0 fully saturated rings. The number of nitrogens with zero attached hydrogens (tertiary/aromatic N) is 2. The number of hydrogen-bond acceptors (Lipinski definition) is 4. The van der Waals surface area contributed by atoms with E-state index < -0.39 is 12.1 Å². The second-order valence-corrected chi connectivity index (χ2v) is 4.25. The lowest BCUT2D eigenvalue weighted by Crippen LogP contribution is -2.29. The molecule has 0 spiro atoms. The predicted molar refractivity (Wildman–Crippen MR) is 52.1 cm³/mol. The Morgan fingerprint density at radius 2 is 2.13 bits per heavy atom. The second kappa shape index (κ2) is 4.88. The van der Waals surface area contributed by atoms with E-state index in [-0.39, 0.29) is 5.13 Å². The van der Waals surface area contributed by atoms with Crippen LogP contribution < -0.4 is 5.32 Å². The van der Waals surface area contributed by atoms with Crippen molar-refractivity contribution in [2.24, 2.45) is 0 Å². The first-order chi connectivity index (χ1) is 6.93. The molecule has 84 valence electrons. The first-order valence-electron chi connectivity index (χ1n) is 3.70. The van der Waals surface area contributed by atoms with E-state index in [0.29, 0.717) is 16.8 Å². The molecule has 0 saturated heterocycles. The Labute approximate surface area is 95.0 Å². The third-order valence-corrected chi connectivity index (χ3v) is 2.55. The molecule has 1 N–H and O–H groups in total. The fourth-order valence-electron chi connectivity index (χ4n) is 0.654. The lowest BCUT2D eigenvalue weighted by atomic mass is 10.5. The minimum absolute atomic E-state index is 0.145. The van der Waals surface area contributed by atoms with Gasteiger partial charge in [-0.2, -0.15) is 13.2 Å². The molecule has 1 aromatic heterocycles. The highest BCUT2D eigenvalue weighted by Crippen LogP contribution is 2.21. The predicted octanol–water partition coefficient (Wildman–Crippen LogP) is 1.98. The van der Waals surface area contributed by atoms with Gasteiger partial charge in [0.2, 0.25) is 5.13 Å². The van der Waals surface area contributed by atoms with Crippen LogP contribution in [0.4, 0.5) is 18.3 Å². The number of aromatic nitrogens is 2. The summed E-state index contributed by atoms with van der Waals surface area (Å²) in [6, 6.07) is 0. The summed E-state index contributed by atoms with van der Waals surface area (Å²) in [4.78, 5) is 10.5. The van der Waals surface area contributed by atoms with Crippen molar-refractivity contribution in [3.63, 3.8) is 0 Å². The van der Waals surface area contributed by atoms with Crippen LogP contribution in [0, 0.1) is 0 Å². The van der Waals surface area contributed by atoms with Gasteiger partial charge in [0.15, 0.2) is 0 Å². The molecule has 0 bridgehead atoms. The Bertz CT molecular complexity index is 354. The van der Waals surface area contributed by atoms with Crippen molar-refractivity contribution in [2.45, 2.75) is 12.6 Å². The molecule has 0 atom stereocenters. The molecule has 1 aromatic rings. The zero-order chi connectivity index (χ0) is 11.5. The highest BCUT2D eigenvalue weighted by atomic mass is 79.9. The van der Waals surface area contributed by atoms with Crippen molar-refractivity contribution in [3.05, 3.63) is 5.01 Å². The number of carbonyl (C=O) groups is 1. The number of nitrogens with one attached hydrogen (secondary N) is 1. The maximum atomic E-state index is 11.8. The maximum Gasteiger partial charge on any atom is 0.471 e. The molecule has 0 aliphatic heterocycles. The van der Waals surface area contributed by atoms with Gasteiger partial charge in [0.1, 0.15) is 5.01 Å². The third kappa shape index (κ3) is 3.74. The number of halogens is 4. The Morgan fingerprint density at radius 3 is 2.67 bits per heavy atom. The molecular weight excluding hydrogens is 299 g/mol. The summed E-state index contributed by atoms with van der Waals surface area (Å²) in [6.45, 7) is 0. The van der Waals surface area contributed by atoms with E-state index in [1.54, 1.807) is 5.32 Å². The molecule has 1 heterocycles. The molecule has 1 amide bonds. The van der Waals surface area contributed by atoms with Crippen LogP contribution in [-0.4, -0.2) is 27.6 Å². The molecule has 0 radical (unpaired) electrons. The SMILES string of the molecule is O=C(Nc1nnc(CCBr)s1)C(F)(F)F. The van der Waals surface area contributed by atoms with E-state index in [1.807, 2.05) is 0 Å². The molecule has 0 aliphatic rings. The van der Waals surface area contributed by atoms with Crippen molar-refractivity contribution in [2.75, 3.05) is 10.6 Å². The van der Waals surface area contributed by atoms with Crippen LogP contribution in [0.3, 0.4) is 0 Å². The first kappa shape index (κ1) is 12.4. The van der Waals surface area contributed by atoms with Gasteiger partial charge in [0, 0.05) is 11.8 Å². The average Bonchev–Trinajstić information content (AvgIpc) is 2.51. The molecule has 0 unspecified atom stereocenters. The van der Waals surface area contributed by atoms with Gasteiger partial charge in [-0.3, -0.25) is 10.1 Å². The van der Waals surface area contributed by atoms with Crippen LogP contribution >= 0.6 is 27.3 Å². The Morgan fingerprint density at radius 1 is 1.47 bits per heavy atom. The Hall–Kier alpha value is -0.700. The number of hydrogen-bond donors (Lipinski definition) is 1. The maximum absolute atomic E-state index is 11.8. The standard InChI is InChI=1S/C6H5BrF3N3OS/c7-2-1-3-12-13-5(15-3)11-4(14)6(8,9)10/h1-2H2,(H,11,13,14). The summed E-state index contributed by atoms with van der Waals surface area (Å²) in [5, 5.41) is 9.68. The number of alkyl halides is 4. The van der Waals surface area contributed by atoms with Gasteiger partial charge < -0.3 is 0 Å². The van der Waals surface area contributed by atoms with Gasteiger partial charge in [-0.05, 0) is 0 Å². The lowest BCUT2D eigenvalue weighted by Gasteiger charge is -2.03. The van der Waals surface area contributed by atoms with Crippen molar-refractivity contribution in [1.82, 2.24) is 10.2 Å². The summed E-state index contributed by atoms with van der Waals surface area (Å²) in [5.41, 5.74) is 0. The summed E-state index contributed by atoms with van der Waals surface area (Å²) in [7, 11) is 0. The van der Waals surface area contributed by atoms with Gasteiger partial charge in [-0.1, -0.05) is 27.3 Å². The molecule has 1 rings (SSSR count). The second-order valence-electron chi connectivity index (χ2n) is 2.39. The van der Waals surface area contributed by atoms with E-state index in [2.05, 4.69) is 26.1 Å². The van der Waals surface area contributed by atoms with Crippen LogP contribution in [0.25, 0.3) is 0 Å². The zero-order valence-electron chi connectivity index (χ0n) is 7.14. The molecule has 15 heavy (non-hydrogen) atoms. The highest BCUT2D eigenvalue weighted by molar-refractivity contribution is 9.09. The van der Waals surface area contributed by atoms with Crippen molar-refractivity contribution in [1.29, 1.82) is 0 Å². The summed E-state index contributed by atoms with van der Waals surface area (Å²) < 4.78 is 35.5. The third-order valence-electron chi connectivity index (χ3n) is 1.25. The molecule has 4 nitrogen and oxygen atoms in total. The van der Waals surface area contributed by atoms with Crippen LogP contribution in [0.1, 0.15) is 5.01 Å². The van der Waals surface area contributed by atoms with E-state index in [0.717, 1.165) is 11.3 Å². The number of rotatable bonds is 3. The van der Waals surface area contributed by atoms with Crippen molar-refractivity contribution >= 4 is 38.3 Å². The summed E-state index contributed by atoms with van der Waals surface area (Å²) in [5.74, 6) is -2.04. The summed E-state index contributed by atoms with van der Waals surface area (Å²) in [6.07, 6.45) is -4.35. The number of amides is 1. The van der Waals surface area contributed by atoms with Crippen molar-refractivity contribution < 1.29 is 18.0 Å². The van der Waals surface area contributed by atoms with Crippen LogP contribution in [0.5, 0.6) is 0 Å². The van der Waals surface area contributed by atoms with Gasteiger partial charge in [0.25, 0.3) is 0 Å². The topological polar surface area (TPSA) is 54.9 Å². The lowest BCUT2D eigenvalue weighted by molar-refractivity contribution is -0.167. The normalized spacial score (nSPS) is 11.5. The Balaban J connectivity index is 2.61. The van der Waals surface area contributed by atoms with Crippen LogP contribution in [0.15, 0.2) is 0 Å². The van der Waals surface area contributed by atoms with E-state index in [4.69, 9.17) is 0 Å². The van der Waals surface area contributed by atoms with Gasteiger partial charge in [-0.15, -0.1) is 10.2 Å². The fraction of sp³-hybridized carbons (Fsp3) is 0.500. The van der Waals surface area contributed by atoms with Crippen LogP contribution in [0.2, 0.25) is 0 Å². The van der Waals surface area contributed by atoms with Crippen molar-refractivity contribution in [3.8, 4) is 0 Å². The zero-order valence-corrected chi connectivity index (χ0v) is 9.54. The van der Waals surface area contributed by atoms with Gasteiger partial charge in [-0.25, -0.2) is 0 Å². The Kier molecular flexibility index (Phi) is 4.03. The smallest absolute Gasteiger partial charge is 0.293 e. The molecule has 9 heteroatoms. The van der Waals surface area contributed by atoms with E-state index in [1.165, 1.54) is 0 Å². The largest absolute Gasteiger partial charge is 0.471 e. The fourth-order valence-corrected chi connectivity index (χ4v) is 2.03. The van der Waals surface area contributed by atoms with Gasteiger partial charge >= 0.3 is 12.1 Å².